The summed E-state index contributed by atoms with van der Waals surface area (Å²) in [5, 5.41) is 3.21. The normalized spacial score (nSPS) is 19.9. The minimum absolute atomic E-state index is 0.0315. The SMILES string of the molecule is C[C@@H]1CCCC[C@H]1NC(=O)c1ccc(COc2ccc(C(C)(C)C)cc2)cc1. The van der Waals surface area contributed by atoms with E-state index < -0.39 is 0 Å². The zero-order valence-electron chi connectivity index (χ0n) is 17.6. The molecule has 0 heterocycles. The molecule has 1 aliphatic rings. The number of carbonyl (C=O) groups excluding carboxylic acids is 1. The van der Waals surface area contributed by atoms with Gasteiger partial charge >= 0.3 is 0 Å². The molecule has 3 rings (SSSR count). The summed E-state index contributed by atoms with van der Waals surface area (Å²) in [4.78, 5) is 12.5. The fourth-order valence-corrected chi connectivity index (χ4v) is 3.75. The predicted molar refractivity (Wildman–Crippen MR) is 115 cm³/mol. The lowest BCUT2D eigenvalue weighted by Crippen LogP contribution is -2.41. The van der Waals surface area contributed by atoms with E-state index in [-0.39, 0.29) is 11.3 Å². The van der Waals surface area contributed by atoms with Gasteiger partial charge in [0.15, 0.2) is 0 Å². The van der Waals surface area contributed by atoms with Crippen LogP contribution in [0, 0.1) is 5.92 Å². The topological polar surface area (TPSA) is 38.3 Å². The Balaban J connectivity index is 1.53. The molecule has 1 saturated carbocycles. The molecule has 2 aromatic carbocycles. The van der Waals surface area contributed by atoms with E-state index in [1.165, 1.54) is 24.8 Å². The highest BCUT2D eigenvalue weighted by Gasteiger charge is 2.23. The summed E-state index contributed by atoms with van der Waals surface area (Å²) in [5.74, 6) is 1.46. The van der Waals surface area contributed by atoms with Crippen LogP contribution in [0.15, 0.2) is 48.5 Å². The number of hydrogen-bond acceptors (Lipinski definition) is 2. The van der Waals surface area contributed by atoms with E-state index in [4.69, 9.17) is 4.74 Å². The van der Waals surface area contributed by atoms with Gasteiger partial charge in [-0.1, -0.05) is 64.8 Å². The van der Waals surface area contributed by atoms with Gasteiger partial charge in [-0.25, -0.2) is 0 Å². The van der Waals surface area contributed by atoms with Crippen LogP contribution in [-0.4, -0.2) is 11.9 Å². The Labute approximate surface area is 169 Å². The van der Waals surface area contributed by atoms with Crippen molar-refractivity contribution in [3.8, 4) is 5.75 Å². The van der Waals surface area contributed by atoms with Crippen LogP contribution in [0.1, 0.15) is 74.9 Å². The molecule has 28 heavy (non-hydrogen) atoms. The van der Waals surface area contributed by atoms with Crippen LogP contribution in [0.3, 0.4) is 0 Å². The predicted octanol–water partition coefficient (Wildman–Crippen LogP) is 5.87. The molecular weight excluding hydrogens is 346 g/mol. The van der Waals surface area contributed by atoms with Gasteiger partial charge < -0.3 is 10.1 Å². The zero-order chi connectivity index (χ0) is 20.1. The molecule has 1 amide bonds. The summed E-state index contributed by atoms with van der Waals surface area (Å²) in [5.41, 5.74) is 3.21. The Kier molecular flexibility index (Phi) is 6.43. The lowest BCUT2D eigenvalue weighted by Gasteiger charge is -2.29. The van der Waals surface area contributed by atoms with Crippen LogP contribution in [0.5, 0.6) is 5.75 Å². The summed E-state index contributed by atoms with van der Waals surface area (Å²) < 4.78 is 5.90. The monoisotopic (exact) mass is 379 g/mol. The third-order valence-corrected chi connectivity index (χ3v) is 5.77. The molecule has 0 spiro atoms. The van der Waals surface area contributed by atoms with Crippen LogP contribution in [0.2, 0.25) is 0 Å². The number of benzene rings is 2. The van der Waals surface area contributed by atoms with Crippen molar-refractivity contribution in [2.24, 2.45) is 5.92 Å². The first kappa shape index (κ1) is 20.4. The number of hydrogen-bond donors (Lipinski definition) is 1. The fraction of sp³-hybridized carbons (Fsp3) is 0.480. The van der Waals surface area contributed by atoms with Crippen molar-refractivity contribution in [2.45, 2.75) is 71.4 Å². The fourth-order valence-electron chi connectivity index (χ4n) is 3.75. The van der Waals surface area contributed by atoms with Crippen molar-refractivity contribution in [1.82, 2.24) is 5.32 Å². The minimum atomic E-state index is 0.0315. The molecule has 0 saturated heterocycles. The number of rotatable bonds is 5. The smallest absolute Gasteiger partial charge is 0.251 e. The maximum atomic E-state index is 12.5. The highest BCUT2D eigenvalue weighted by atomic mass is 16.5. The van der Waals surface area contributed by atoms with Gasteiger partial charge in [0.25, 0.3) is 5.91 Å². The molecule has 0 aliphatic heterocycles. The van der Waals surface area contributed by atoms with Gasteiger partial charge in [0.05, 0.1) is 0 Å². The number of ether oxygens (including phenoxy) is 1. The van der Waals surface area contributed by atoms with E-state index in [1.807, 2.05) is 36.4 Å². The second-order valence-corrected chi connectivity index (χ2v) is 9.10. The number of carbonyl (C=O) groups is 1. The van der Waals surface area contributed by atoms with Crippen molar-refractivity contribution in [2.75, 3.05) is 0 Å². The largest absolute Gasteiger partial charge is 0.489 e. The van der Waals surface area contributed by atoms with Crippen LogP contribution >= 0.6 is 0 Å². The second kappa shape index (κ2) is 8.81. The van der Waals surface area contributed by atoms with Crippen molar-refractivity contribution in [1.29, 1.82) is 0 Å². The maximum Gasteiger partial charge on any atom is 0.251 e. The first-order valence-electron chi connectivity index (χ1n) is 10.5. The van der Waals surface area contributed by atoms with Crippen molar-refractivity contribution in [3.63, 3.8) is 0 Å². The first-order valence-corrected chi connectivity index (χ1v) is 10.5. The third kappa shape index (κ3) is 5.37. The average molecular weight is 380 g/mol. The van der Waals surface area contributed by atoms with E-state index in [2.05, 4.69) is 45.1 Å². The highest BCUT2D eigenvalue weighted by Crippen LogP contribution is 2.25. The molecule has 0 aromatic heterocycles. The van der Waals surface area contributed by atoms with E-state index in [1.54, 1.807) is 0 Å². The van der Waals surface area contributed by atoms with Gasteiger partial charge in [-0.05, 0) is 59.6 Å². The molecule has 0 bridgehead atoms. The lowest BCUT2D eigenvalue weighted by atomic mass is 9.86. The Morgan fingerprint density at radius 2 is 1.64 bits per heavy atom. The molecule has 150 valence electrons. The Morgan fingerprint density at radius 3 is 2.25 bits per heavy atom. The Morgan fingerprint density at radius 1 is 1.00 bits per heavy atom. The van der Waals surface area contributed by atoms with E-state index in [0.29, 0.717) is 18.6 Å². The number of amides is 1. The Hall–Kier alpha value is -2.29. The van der Waals surface area contributed by atoms with E-state index >= 15 is 0 Å². The van der Waals surface area contributed by atoms with E-state index in [9.17, 15) is 4.79 Å². The summed E-state index contributed by atoms with van der Waals surface area (Å²) in [7, 11) is 0. The maximum absolute atomic E-state index is 12.5. The quantitative estimate of drug-likeness (QED) is 0.705. The summed E-state index contributed by atoms with van der Waals surface area (Å²) in [6, 6.07) is 16.3. The summed E-state index contributed by atoms with van der Waals surface area (Å²) in [6.45, 7) is 9.34. The van der Waals surface area contributed by atoms with Gasteiger partial charge in [-0.2, -0.15) is 0 Å². The van der Waals surface area contributed by atoms with Gasteiger partial charge in [0, 0.05) is 11.6 Å². The first-order chi connectivity index (χ1) is 13.3. The van der Waals surface area contributed by atoms with Gasteiger partial charge in [0.2, 0.25) is 0 Å². The molecule has 1 fully saturated rings. The van der Waals surface area contributed by atoms with Crippen LogP contribution in [-0.2, 0) is 12.0 Å². The molecule has 3 nitrogen and oxygen atoms in total. The van der Waals surface area contributed by atoms with Crippen LogP contribution < -0.4 is 10.1 Å². The zero-order valence-corrected chi connectivity index (χ0v) is 17.6. The van der Waals surface area contributed by atoms with Crippen molar-refractivity contribution in [3.05, 3.63) is 65.2 Å². The second-order valence-electron chi connectivity index (χ2n) is 9.10. The minimum Gasteiger partial charge on any atom is -0.489 e. The van der Waals surface area contributed by atoms with Crippen LogP contribution in [0.4, 0.5) is 0 Å². The highest BCUT2D eigenvalue weighted by molar-refractivity contribution is 5.94. The summed E-state index contributed by atoms with van der Waals surface area (Å²) >= 11 is 0. The molecule has 2 aromatic rings. The van der Waals surface area contributed by atoms with Crippen molar-refractivity contribution < 1.29 is 9.53 Å². The molecule has 1 aliphatic carbocycles. The summed E-state index contributed by atoms with van der Waals surface area (Å²) in [6.07, 6.45) is 4.79. The molecule has 0 radical (unpaired) electrons. The lowest BCUT2D eigenvalue weighted by molar-refractivity contribution is 0.0910. The molecular formula is C25H33NO2. The third-order valence-electron chi connectivity index (χ3n) is 5.77. The van der Waals surface area contributed by atoms with Crippen molar-refractivity contribution >= 4 is 5.91 Å². The average Bonchev–Trinajstić information content (AvgIpc) is 2.68. The van der Waals surface area contributed by atoms with Gasteiger partial charge in [0.1, 0.15) is 12.4 Å². The Bertz CT molecular complexity index is 772. The molecule has 0 unspecified atom stereocenters. The number of nitrogens with one attached hydrogen (secondary N) is 1. The molecule has 2 atom stereocenters. The van der Waals surface area contributed by atoms with Gasteiger partial charge in [-0.15, -0.1) is 0 Å². The van der Waals surface area contributed by atoms with Crippen LogP contribution in [0.25, 0.3) is 0 Å². The van der Waals surface area contributed by atoms with E-state index in [0.717, 1.165) is 23.3 Å². The molecule has 3 heteroatoms. The standard InChI is InChI=1S/C25H33NO2/c1-18-7-5-6-8-23(18)26-24(27)20-11-9-19(10-12-20)17-28-22-15-13-21(14-16-22)25(2,3)4/h9-16,18,23H,5-8,17H2,1-4H3,(H,26,27)/t18-,23-/m1/s1. The van der Waals surface area contributed by atoms with Gasteiger partial charge in [-0.3, -0.25) is 4.79 Å². The molecule has 1 N–H and O–H groups in total.